The first kappa shape index (κ1) is 23.4. The zero-order valence-corrected chi connectivity index (χ0v) is 19.3. The molecular formula is C26H25BrN2O3. The zero-order chi connectivity index (χ0) is 22.9. The molecule has 6 heteroatoms. The fraction of sp³-hybridized carbons (Fsp3) is 0.154. The number of benzene rings is 3. The first-order valence-electron chi connectivity index (χ1n) is 10.3. The molecule has 5 nitrogen and oxygen atoms in total. The van der Waals surface area contributed by atoms with Crippen molar-refractivity contribution in [2.24, 2.45) is 0 Å². The molecule has 0 aliphatic rings. The third-order valence-electron chi connectivity index (χ3n) is 4.98. The number of hydrogen-bond donors (Lipinski definition) is 3. The number of hydrogen-bond acceptors (Lipinski definition) is 3. The molecule has 3 rings (SSSR count). The second-order valence-electron chi connectivity index (χ2n) is 7.37. The van der Waals surface area contributed by atoms with Gasteiger partial charge in [-0.3, -0.25) is 9.59 Å². The summed E-state index contributed by atoms with van der Waals surface area (Å²) < 4.78 is 0.453. The summed E-state index contributed by atoms with van der Waals surface area (Å²) >= 11 is 3.49. The predicted octanol–water partition coefficient (Wildman–Crippen LogP) is 4.21. The van der Waals surface area contributed by atoms with Crippen LogP contribution in [0, 0.1) is 6.92 Å². The number of carbonyl (C=O) groups excluding carboxylic acids is 2. The van der Waals surface area contributed by atoms with Crippen LogP contribution >= 0.6 is 15.9 Å². The van der Waals surface area contributed by atoms with Crippen molar-refractivity contribution in [1.29, 1.82) is 0 Å². The van der Waals surface area contributed by atoms with Crippen molar-refractivity contribution in [2.75, 3.05) is 6.61 Å². The number of halogens is 1. The lowest BCUT2D eigenvalue weighted by atomic mass is 10.1. The van der Waals surface area contributed by atoms with E-state index in [0.717, 1.165) is 16.7 Å². The lowest BCUT2D eigenvalue weighted by Crippen LogP contribution is -2.43. The van der Waals surface area contributed by atoms with Gasteiger partial charge in [0.15, 0.2) is 0 Å². The summed E-state index contributed by atoms with van der Waals surface area (Å²) in [7, 11) is 0. The Balaban J connectivity index is 1.88. The Bertz CT molecular complexity index is 1100. The van der Waals surface area contributed by atoms with E-state index in [-0.39, 0.29) is 18.2 Å². The third-order valence-corrected chi connectivity index (χ3v) is 5.84. The van der Waals surface area contributed by atoms with Gasteiger partial charge < -0.3 is 15.7 Å². The highest BCUT2D eigenvalue weighted by Crippen LogP contribution is 2.25. The fourth-order valence-electron chi connectivity index (χ4n) is 3.27. The van der Waals surface area contributed by atoms with Gasteiger partial charge >= 0.3 is 0 Å². The van der Waals surface area contributed by atoms with Gasteiger partial charge in [-0.05, 0) is 52.0 Å². The highest BCUT2D eigenvalue weighted by atomic mass is 79.9. The fourth-order valence-corrected chi connectivity index (χ4v) is 3.81. The van der Waals surface area contributed by atoms with Gasteiger partial charge in [-0.2, -0.15) is 0 Å². The quantitative estimate of drug-likeness (QED) is 0.412. The van der Waals surface area contributed by atoms with Gasteiger partial charge in [-0.25, -0.2) is 0 Å². The van der Waals surface area contributed by atoms with Gasteiger partial charge in [0.2, 0.25) is 0 Å². The number of amides is 2. The highest BCUT2D eigenvalue weighted by molar-refractivity contribution is 9.15. The van der Waals surface area contributed by atoms with Gasteiger partial charge in [0, 0.05) is 5.56 Å². The first-order valence-corrected chi connectivity index (χ1v) is 11.1. The van der Waals surface area contributed by atoms with Crippen LogP contribution in [0.25, 0.3) is 4.48 Å². The van der Waals surface area contributed by atoms with E-state index in [1.54, 1.807) is 12.1 Å². The van der Waals surface area contributed by atoms with Crippen molar-refractivity contribution in [3.05, 3.63) is 113 Å². The zero-order valence-electron chi connectivity index (χ0n) is 17.7. The number of nitrogens with one attached hydrogen (secondary N) is 2. The standard InChI is InChI=1S/C26H25BrN2O3/c1-18-10-8-9-15-22(18)25(31)29-24(23(27)20-13-6-3-7-14-20)26(32)28-21(17-30)16-19-11-4-2-5-12-19/h2-15,21,30H,16-17H2,1H3,(H,28,32)(H,29,31)/b24-23-/t21-/m0/s1. The summed E-state index contributed by atoms with van der Waals surface area (Å²) in [5.41, 5.74) is 3.10. The van der Waals surface area contributed by atoms with Crippen LogP contribution in [0.3, 0.4) is 0 Å². The molecule has 0 heterocycles. The Hall–Kier alpha value is -3.22. The molecule has 3 aromatic rings. The van der Waals surface area contributed by atoms with E-state index in [1.165, 1.54) is 0 Å². The predicted molar refractivity (Wildman–Crippen MR) is 130 cm³/mol. The third kappa shape index (κ3) is 6.15. The summed E-state index contributed by atoms with van der Waals surface area (Å²) in [6.45, 7) is 1.61. The molecule has 0 aromatic heterocycles. The average Bonchev–Trinajstić information content (AvgIpc) is 2.83. The molecular weight excluding hydrogens is 468 g/mol. The van der Waals surface area contributed by atoms with E-state index in [2.05, 4.69) is 26.6 Å². The van der Waals surface area contributed by atoms with E-state index in [9.17, 15) is 14.7 Å². The van der Waals surface area contributed by atoms with Crippen LogP contribution in [-0.4, -0.2) is 29.6 Å². The van der Waals surface area contributed by atoms with Crippen LogP contribution < -0.4 is 10.6 Å². The average molecular weight is 493 g/mol. The maximum absolute atomic E-state index is 13.2. The minimum atomic E-state index is -0.508. The summed E-state index contributed by atoms with van der Waals surface area (Å²) in [5.74, 6) is -0.873. The Labute approximate surface area is 196 Å². The van der Waals surface area contributed by atoms with Gasteiger partial charge in [0.05, 0.1) is 17.1 Å². The summed E-state index contributed by atoms with van der Waals surface area (Å²) in [6.07, 6.45) is 0.463. The molecule has 2 amide bonds. The maximum Gasteiger partial charge on any atom is 0.269 e. The Morgan fingerprint density at radius 1 is 0.906 bits per heavy atom. The van der Waals surface area contributed by atoms with Crippen molar-refractivity contribution < 1.29 is 14.7 Å². The Morgan fingerprint density at radius 3 is 2.12 bits per heavy atom. The van der Waals surface area contributed by atoms with Crippen LogP contribution in [0.4, 0.5) is 0 Å². The van der Waals surface area contributed by atoms with Crippen LogP contribution in [0.1, 0.15) is 27.0 Å². The number of aliphatic hydroxyl groups excluding tert-OH is 1. The van der Waals surface area contributed by atoms with Crippen LogP contribution in [0.15, 0.2) is 90.6 Å². The molecule has 0 spiro atoms. The molecule has 0 bridgehead atoms. The van der Waals surface area contributed by atoms with Crippen molar-refractivity contribution in [3.8, 4) is 0 Å². The van der Waals surface area contributed by atoms with E-state index >= 15 is 0 Å². The Kier molecular flexibility index (Phi) is 8.36. The van der Waals surface area contributed by atoms with Crippen molar-refractivity contribution in [2.45, 2.75) is 19.4 Å². The SMILES string of the molecule is Cc1ccccc1C(=O)N/C(C(=O)N[C@H](CO)Cc1ccccc1)=C(\Br)c1ccccc1. The first-order chi connectivity index (χ1) is 15.5. The molecule has 3 aromatic carbocycles. The maximum atomic E-state index is 13.2. The molecule has 3 N–H and O–H groups in total. The smallest absolute Gasteiger partial charge is 0.269 e. The lowest BCUT2D eigenvalue weighted by molar-refractivity contribution is -0.118. The van der Waals surface area contributed by atoms with Crippen LogP contribution in [-0.2, 0) is 11.2 Å². The minimum absolute atomic E-state index is 0.0796. The van der Waals surface area contributed by atoms with Crippen LogP contribution in [0.5, 0.6) is 0 Å². The minimum Gasteiger partial charge on any atom is -0.394 e. The van der Waals surface area contributed by atoms with Crippen molar-refractivity contribution in [3.63, 3.8) is 0 Å². The van der Waals surface area contributed by atoms with Crippen LogP contribution in [0.2, 0.25) is 0 Å². The van der Waals surface area contributed by atoms with E-state index in [1.807, 2.05) is 79.7 Å². The van der Waals surface area contributed by atoms with Gasteiger partial charge in [-0.15, -0.1) is 0 Å². The normalized spacial score (nSPS) is 12.5. The molecule has 0 radical (unpaired) electrons. The van der Waals surface area contributed by atoms with Gasteiger partial charge in [0.1, 0.15) is 5.70 Å². The highest BCUT2D eigenvalue weighted by Gasteiger charge is 2.22. The van der Waals surface area contributed by atoms with Gasteiger partial charge in [-0.1, -0.05) is 78.9 Å². The summed E-state index contributed by atoms with van der Waals surface area (Å²) in [4.78, 5) is 26.2. The molecule has 0 aliphatic heterocycles. The monoisotopic (exact) mass is 492 g/mol. The summed E-state index contributed by atoms with van der Waals surface area (Å²) in [6, 6.07) is 25.5. The molecule has 0 unspecified atom stereocenters. The molecule has 32 heavy (non-hydrogen) atoms. The molecule has 0 aliphatic carbocycles. The largest absolute Gasteiger partial charge is 0.394 e. The molecule has 0 saturated carbocycles. The van der Waals surface area contributed by atoms with E-state index in [4.69, 9.17) is 0 Å². The van der Waals surface area contributed by atoms with Crippen molar-refractivity contribution >= 4 is 32.2 Å². The molecule has 1 atom stereocenters. The second-order valence-corrected chi connectivity index (χ2v) is 8.16. The lowest BCUT2D eigenvalue weighted by Gasteiger charge is -2.19. The number of aliphatic hydroxyl groups is 1. The topological polar surface area (TPSA) is 78.4 Å². The number of carbonyl (C=O) groups is 2. The van der Waals surface area contributed by atoms with E-state index < -0.39 is 11.9 Å². The number of rotatable bonds is 8. The molecule has 164 valence electrons. The molecule has 0 fully saturated rings. The number of aryl methyl sites for hydroxylation is 1. The van der Waals surface area contributed by atoms with Crippen molar-refractivity contribution in [1.82, 2.24) is 10.6 Å². The Morgan fingerprint density at radius 2 is 1.50 bits per heavy atom. The second kappa shape index (κ2) is 11.4. The molecule has 0 saturated heterocycles. The van der Waals surface area contributed by atoms with E-state index in [0.29, 0.717) is 16.5 Å². The van der Waals surface area contributed by atoms with Gasteiger partial charge in [0.25, 0.3) is 11.8 Å². The summed E-state index contributed by atoms with van der Waals surface area (Å²) in [5, 5.41) is 15.5.